The zero-order valence-electron chi connectivity index (χ0n) is 22.4. The Morgan fingerprint density at radius 3 is 2.58 bits per heavy atom. The SMILES string of the molecule is CN[C@@H](C(=O)N(C)[C@H]1CC[C@@]2(C)C(=CC[C@@H]3C2CC[C@]24CN(C)[C@@H](C)[C@H]2CC[C@@H]34)C1)C(C)C. The molecule has 1 aliphatic heterocycles. The Bertz CT molecular complexity index is 807. The van der Waals surface area contributed by atoms with E-state index in [0.29, 0.717) is 22.8 Å². The fourth-order valence-electron chi connectivity index (χ4n) is 9.92. The average Bonchev–Trinajstić information content (AvgIpc) is 3.26. The topological polar surface area (TPSA) is 35.6 Å². The molecule has 33 heavy (non-hydrogen) atoms. The number of nitrogens with one attached hydrogen (secondary N) is 1. The summed E-state index contributed by atoms with van der Waals surface area (Å²) in [7, 11) is 6.35. The minimum absolute atomic E-state index is 0.0789. The van der Waals surface area contributed by atoms with E-state index in [4.69, 9.17) is 0 Å². The molecule has 3 saturated carbocycles. The van der Waals surface area contributed by atoms with E-state index >= 15 is 0 Å². The summed E-state index contributed by atoms with van der Waals surface area (Å²) in [4.78, 5) is 18.0. The highest BCUT2D eigenvalue weighted by Gasteiger charge is 2.64. The Hall–Kier alpha value is -0.870. The Morgan fingerprint density at radius 1 is 1.15 bits per heavy atom. The first-order chi connectivity index (χ1) is 15.6. The van der Waals surface area contributed by atoms with Crippen molar-refractivity contribution in [3.05, 3.63) is 11.6 Å². The van der Waals surface area contributed by atoms with Gasteiger partial charge in [-0.15, -0.1) is 0 Å². The van der Waals surface area contributed by atoms with Crippen LogP contribution in [0.3, 0.4) is 0 Å². The van der Waals surface area contributed by atoms with Gasteiger partial charge in [-0.2, -0.15) is 0 Å². The molecule has 9 atom stereocenters. The molecule has 1 saturated heterocycles. The minimum atomic E-state index is -0.0789. The number of hydrogen-bond donors (Lipinski definition) is 1. The highest BCUT2D eigenvalue weighted by atomic mass is 16.2. The van der Waals surface area contributed by atoms with E-state index in [1.165, 1.54) is 45.1 Å². The summed E-state index contributed by atoms with van der Waals surface area (Å²) in [6.07, 6.45) is 13.3. The molecule has 5 rings (SSSR count). The zero-order chi connectivity index (χ0) is 23.7. The highest BCUT2D eigenvalue weighted by molar-refractivity contribution is 5.82. The Kier molecular flexibility index (Phi) is 6.04. The van der Waals surface area contributed by atoms with Crippen molar-refractivity contribution in [3.63, 3.8) is 0 Å². The molecule has 4 fully saturated rings. The van der Waals surface area contributed by atoms with Crippen molar-refractivity contribution in [3.8, 4) is 0 Å². The first-order valence-corrected chi connectivity index (χ1v) is 14.0. The van der Waals surface area contributed by atoms with Crippen LogP contribution in [0, 0.1) is 40.4 Å². The molecular weight excluding hydrogens is 406 g/mol. The lowest BCUT2D eigenvalue weighted by Gasteiger charge is -2.58. The molecule has 0 bridgehead atoms. The number of amides is 1. The van der Waals surface area contributed by atoms with Gasteiger partial charge in [0.25, 0.3) is 0 Å². The van der Waals surface area contributed by atoms with E-state index in [1.54, 1.807) is 5.57 Å². The van der Waals surface area contributed by atoms with Crippen molar-refractivity contribution in [1.82, 2.24) is 15.1 Å². The summed E-state index contributed by atoms with van der Waals surface area (Å²) >= 11 is 0. The van der Waals surface area contributed by atoms with Crippen LogP contribution in [0.25, 0.3) is 0 Å². The van der Waals surface area contributed by atoms with Crippen LogP contribution in [0.15, 0.2) is 11.6 Å². The van der Waals surface area contributed by atoms with E-state index in [2.05, 4.69) is 63.0 Å². The lowest BCUT2D eigenvalue weighted by Crippen LogP contribution is -2.54. The number of carbonyl (C=O) groups is 1. The van der Waals surface area contributed by atoms with Crippen LogP contribution < -0.4 is 5.32 Å². The van der Waals surface area contributed by atoms with Gasteiger partial charge in [0.1, 0.15) is 0 Å². The quantitative estimate of drug-likeness (QED) is 0.609. The van der Waals surface area contributed by atoms with Gasteiger partial charge in [0, 0.05) is 25.7 Å². The van der Waals surface area contributed by atoms with Gasteiger partial charge in [-0.1, -0.05) is 32.4 Å². The molecule has 4 aliphatic carbocycles. The maximum absolute atomic E-state index is 13.2. The third-order valence-electron chi connectivity index (χ3n) is 11.8. The fraction of sp³-hybridized carbons (Fsp3) is 0.897. The molecule has 0 aromatic carbocycles. The summed E-state index contributed by atoms with van der Waals surface area (Å²) in [6, 6.07) is 1.05. The largest absolute Gasteiger partial charge is 0.341 e. The van der Waals surface area contributed by atoms with Gasteiger partial charge in [-0.25, -0.2) is 0 Å². The summed E-state index contributed by atoms with van der Waals surface area (Å²) in [5.74, 6) is 4.20. The van der Waals surface area contributed by atoms with Gasteiger partial charge >= 0.3 is 0 Å². The van der Waals surface area contributed by atoms with E-state index in [-0.39, 0.29) is 11.9 Å². The van der Waals surface area contributed by atoms with Gasteiger partial charge in [0.2, 0.25) is 5.91 Å². The zero-order valence-corrected chi connectivity index (χ0v) is 22.4. The molecule has 4 nitrogen and oxygen atoms in total. The van der Waals surface area contributed by atoms with Gasteiger partial charge < -0.3 is 15.1 Å². The lowest BCUT2D eigenvalue weighted by molar-refractivity contribution is -0.136. The second-order valence-corrected chi connectivity index (χ2v) is 13.2. The number of nitrogens with zero attached hydrogens (tertiary/aromatic N) is 2. The predicted molar refractivity (Wildman–Crippen MR) is 136 cm³/mol. The highest BCUT2D eigenvalue weighted by Crippen LogP contribution is 2.68. The standard InChI is InChI=1S/C29H49N3O/c1-18(2)26(30-5)27(33)32(7)21-12-14-28(4)20(16-21)8-9-22-24(28)13-15-29-17-31(6)19(3)23(29)10-11-25(22)29/h8,18-19,21-26,30H,9-17H2,1-7H3/t19-,21-,22+,23+,24?,25-,26+,28-,29-/m0/s1. The molecule has 1 amide bonds. The third-order valence-corrected chi connectivity index (χ3v) is 11.8. The molecule has 1 spiro atoms. The van der Waals surface area contributed by atoms with Crippen LogP contribution in [0.2, 0.25) is 0 Å². The van der Waals surface area contributed by atoms with Crippen LogP contribution in [-0.2, 0) is 4.79 Å². The number of rotatable bonds is 4. The molecule has 0 aromatic rings. The Morgan fingerprint density at radius 2 is 1.88 bits per heavy atom. The maximum atomic E-state index is 13.2. The molecule has 1 unspecified atom stereocenters. The summed E-state index contributed by atoms with van der Waals surface area (Å²) < 4.78 is 0. The third kappa shape index (κ3) is 3.40. The minimum Gasteiger partial charge on any atom is -0.341 e. The lowest BCUT2D eigenvalue weighted by atomic mass is 9.47. The fourth-order valence-corrected chi connectivity index (χ4v) is 9.92. The number of likely N-dealkylation sites (tertiary alicyclic amines) is 1. The predicted octanol–water partition coefficient (Wildman–Crippen LogP) is 4.95. The van der Waals surface area contributed by atoms with Crippen molar-refractivity contribution in [2.45, 2.75) is 97.2 Å². The second-order valence-electron chi connectivity index (χ2n) is 13.2. The summed E-state index contributed by atoms with van der Waals surface area (Å²) in [6.45, 7) is 10.7. The molecule has 1 heterocycles. The molecule has 186 valence electrons. The molecule has 0 radical (unpaired) electrons. The summed E-state index contributed by atoms with van der Waals surface area (Å²) in [5.41, 5.74) is 2.66. The van der Waals surface area contributed by atoms with Crippen LogP contribution >= 0.6 is 0 Å². The van der Waals surface area contributed by atoms with Crippen molar-refractivity contribution in [2.75, 3.05) is 27.7 Å². The first-order valence-electron chi connectivity index (χ1n) is 14.0. The Labute approximate surface area is 202 Å². The number of likely N-dealkylation sites (N-methyl/N-ethyl adjacent to an activating group) is 2. The van der Waals surface area contributed by atoms with E-state index in [1.807, 2.05) is 7.05 Å². The monoisotopic (exact) mass is 455 g/mol. The Balaban J connectivity index is 1.34. The van der Waals surface area contributed by atoms with E-state index < -0.39 is 0 Å². The van der Waals surface area contributed by atoms with Crippen LogP contribution in [0.1, 0.15) is 79.1 Å². The van der Waals surface area contributed by atoms with Crippen molar-refractivity contribution >= 4 is 5.91 Å². The van der Waals surface area contributed by atoms with Crippen LogP contribution in [0.4, 0.5) is 0 Å². The normalized spacial score (nSPS) is 45.6. The van der Waals surface area contributed by atoms with Crippen LogP contribution in [-0.4, -0.2) is 61.5 Å². The smallest absolute Gasteiger partial charge is 0.239 e. The molecular formula is C29H49N3O. The average molecular weight is 456 g/mol. The number of hydrogen-bond acceptors (Lipinski definition) is 3. The first kappa shape index (κ1) is 23.9. The molecule has 4 heteroatoms. The number of carbonyl (C=O) groups excluding carboxylic acids is 1. The molecule has 1 N–H and O–H groups in total. The number of fused-ring (bicyclic) bond motifs is 4. The maximum Gasteiger partial charge on any atom is 0.239 e. The number of allylic oxidation sites excluding steroid dienone is 1. The van der Waals surface area contributed by atoms with E-state index in [9.17, 15) is 4.79 Å². The van der Waals surface area contributed by atoms with E-state index in [0.717, 1.165) is 42.6 Å². The summed E-state index contributed by atoms with van der Waals surface area (Å²) in [5, 5.41) is 3.26. The van der Waals surface area contributed by atoms with Crippen molar-refractivity contribution in [1.29, 1.82) is 0 Å². The van der Waals surface area contributed by atoms with Crippen molar-refractivity contribution in [2.24, 2.45) is 40.4 Å². The molecule has 5 aliphatic rings. The van der Waals surface area contributed by atoms with Crippen molar-refractivity contribution < 1.29 is 4.79 Å². The van der Waals surface area contributed by atoms with Gasteiger partial charge in [0.15, 0.2) is 0 Å². The van der Waals surface area contributed by atoms with Gasteiger partial charge in [-0.05, 0) is 113 Å². The van der Waals surface area contributed by atoms with Crippen LogP contribution in [0.5, 0.6) is 0 Å². The second kappa shape index (κ2) is 8.36. The van der Waals surface area contributed by atoms with Gasteiger partial charge in [-0.3, -0.25) is 4.79 Å². The van der Waals surface area contributed by atoms with Gasteiger partial charge in [0.05, 0.1) is 6.04 Å². The molecule has 0 aromatic heterocycles.